The van der Waals surface area contributed by atoms with Gasteiger partial charge in [0.25, 0.3) is 0 Å². The minimum atomic E-state index is -0.208. The van der Waals surface area contributed by atoms with Crippen molar-refractivity contribution in [2.75, 3.05) is 45.2 Å². The van der Waals surface area contributed by atoms with Crippen LogP contribution in [0.4, 0.5) is 5.69 Å². The van der Waals surface area contributed by atoms with Crippen molar-refractivity contribution in [3.05, 3.63) is 59.1 Å². The Morgan fingerprint density at radius 1 is 1.14 bits per heavy atom. The molecule has 6 heteroatoms. The summed E-state index contributed by atoms with van der Waals surface area (Å²) in [7, 11) is 1.58. The van der Waals surface area contributed by atoms with Gasteiger partial charge in [-0.15, -0.1) is 0 Å². The Morgan fingerprint density at radius 3 is 2.54 bits per heavy atom. The van der Waals surface area contributed by atoms with Crippen LogP contribution in [-0.4, -0.2) is 61.6 Å². The van der Waals surface area contributed by atoms with Gasteiger partial charge in [0, 0.05) is 37.7 Å². The number of halogens is 1. The van der Waals surface area contributed by atoms with E-state index >= 15 is 0 Å². The van der Waals surface area contributed by atoms with Gasteiger partial charge in [-0.05, 0) is 37.1 Å². The molecule has 150 valence electrons. The molecule has 0 aromatic heterocycles. The summed E-state index contributed by atoms with van der Waals surface area (Å²) < 4.78 is 5.31. The predicted molar refractivity (Wildman–Crippen MR) is 114 cm³/mol. The monoisotopic (exact) mass is 401 g/mol. The smallest absolute Gasteiger partial charge is 0.241 e. The first-order valence-corrected chi connectivity index (χ1v) is 10.1. The third-order valence-electron chi connectivity index (χ3n) is 5.31. The molecule has 0 saturated carbocycles. The van der Waals surface area contributed by atoms with Crippen LogP contribution in [0.15, 0.2) is 48.5 Å². The molecule has 2 aromatic rings. The number of piperazine rings is 1. The van der Waals surface area contributed by atoms with Crippen LogP contribution in [0.2, 0.25) is 5.02 Å². The van der Waals surface area contributed by atoms with Crippen molar-refractivity contribution in [1.29, 1.82) is 0 Å². The SMILES string of the molecule is COc1ccc(Cl)cc1NC(=O)C(C)N1CCN(CCc2ccccc2)CC1. The summed E-state index contributed by atoms with van der Waals surface area (Å²) in [6.07, 6.45) is 1.06. The van der Waals surface area contributed by atoms with Crippen molar-refractivity contribution < 1.29 is 9.53 Å². The van der Waals surface area contributed by atoms with E-state index in [1.165, 1.54) is 5.56 Å². The molecule has 0 aliphatic carbocycles. The van der Waals surface area contributed by atoms with Gasteiger partial charge < -0.3 is 15.0 Å². The summed E-state index contributed by atoms with van der Waals surface area (Å²) in [5.74, 6) is 0.564. The van der Waals surface area contributed by atoms with Gasteiger partial charge in [0.15, 0.2) is 0 Å². The lowest BCUT2D eigenvalue weighted by Crippen LogP contribution is -2.53. The lowest BCUT2D eigenvalue weighted by molar-refractivity contribution is -0.121. The van der Waals surface area contributed by atoms with Gasteiger partial charge in [-0.25, -0.2) is 0 Å². The Morgan fingerprint density at radius 2 is 1.86 bits per heavy atom. The highest BCUT2D eigenvalue weighted by Gasteiger charge is 2.26. The van der Waals surface area contributed by atoms with Crippen molar-refractivity contribution in [1.82, 2.24) is 9.80 Å². The second-order valence-electron chi connectivity index (χ2n) is 7.12. The number of nitrogens with zero attached hydrogens (tertiary/aromatic N) is 2. The Labute approximate surface area is 172 Å². The Bertz CT molecular complexity index is 777. The van der Waals surface area contributed by atoms with Crippen molar-refractivity contribution in [2.45, 2.75) is 19.4 Å². The van der Waals surface area contributed by atoms with E-state index in [0.29, 0.717) is 16.5 Å². The molecular formula is C22H28ClN3O2. The maximum Gasteiger partial charge on any atom is 0.241 e. The summed E-state index contributed by atoms with van der Waals surface area (Å²) in [4.78, 5) is 17.4. The van der Waals surface area contributed by atoms with Crippen LogP contribution in [0, 0.1) is 0 Å². The van der Waals surface area contributed by atoms with Crippen LogP contribution in [-0.2, 0) is 11.2 Å². The van der Waals surface area contributed by atoms with Gasteiger partial charge in [0.05, 0.1) is 18.8 Å². The van der Waals surface area contributed by atoms with Crippen LogP contribution < -0.4 is 10.1 Å². The molecule has 1 heterocycles. The second-order valence-corrected chi connectivity index (χ2v) is 7.56. The molecule has 1 saturated heterocycles. The van der Waals surface area contributed by atoms with Gasteiger partial charge >= 0.3 is 0 Å². The van der Waals surface area contributed by atoms with Crippen LogP contribution >= 0.6 is 11.6 Å². The third kappa shape index (κ3) is 5.47. The lowest BCUT2D eigenvalue weighted by Gasteiger charge is -2.37. The molecule has 1 aliphatic rings. The Kier molecular flexibility index (Phi) is 7.31. The van der Waals surface area contributed by atoms with E-state index < -0.39 is 0 Å². The topological polar surface area (TPSA) is 44.8 Å². The number of amides is 1. The van der Waals surface area contributed by atoms with Crippen molar-refractivity contribution in [3.63, 3.8) is 0 Å². The zero-order chi connectivity index (χ0) is 19.9. The number of ether oxygens (including phenoxy) is 1. The largest absolute Gasteiger partial charge is 0.495 e. The van der Waals surface area contributed by atoms with Crippen LogP contribution in [0.1, 0.15) is 12.5 Å². The van der Waals surface area contributed by atoms with Gasteiger partial charge in [-0.3, -0.25) is 9.69 Å². The summed E-state index contributed by atoms with van der Waals surface area (Å²) in [6.45, 7) is 6.73. The van der Waals surface area contributed by atoms with Gasteiger partial charge in [0.2, 0.25) is 5.91 Å². The van der Waals surface area contributed by atoms with Crippen molar-refractivity contribution in [3.8, 4) is 5.75 Å². The molecule has 3 rings (SSSR count). The number of hydrogen-bond acceptors (Lipinski definition) is 4. The van der Waals surface area contributed by atoms with E-state index in [0.717, 1.165) is 39.1 Å². The normalized spacial score (nSPS) is 16.5. The first kappa shape index (κ1) is 20.6. The lowest BCUT2D eigenvalue weighted by atomic mass is 10.1. The minimum absolute atomic E-state index is 0.0432. The van der Waals surface area contributed by atoms with Crippen LogP contribution in [0.5, 0.6) is 5.75 Å². The summed E-state index contributed by atoms with van der Waals surface area (Å²) in [5.41, 5.74) is 1.97. The fraction of sp³-hybridized carbons (Fsp3) is 0.409. The maximum atomic E-state index is 12.7. The fourth-order valence-electron chi connectivity index (χ4n) is 3.49. The Balaban J connectivity index is 1.48. The maximum absolute atomic E-state index is 12.7. The average molecular weight is 402 g/mol. The number of nitrogens with one attached hydrogen (secondary N) is 1. The van der Waals surface area contributed by atoms with Crippen molar-refractivity contribution in [2.24, 2.45) is 0 Å². The zero-order valence-corrected chi connectivity index (χ0v) is 17.3. The van der Waals surface area contributed by atoms with E-state index in [1.54, 1.807) is 25.3 Å². The summed E-state index contributed by atoms with van der Waals surface area (Å²) >= 11 is 6.05. The van der Waals surface area contributed by atoms with Gasteiger partial charge in [-0.1, -0.05) is 41.9 Å². The molecule has 28 heavy (non-hydrogen) atoms. The van der Waals surface area contributed by atoms with E-state index in [1.807, 2.05) is 13.0 Å². The molecule has 0 spiro atoms. The standard InChI is InChI=1S/C22H28ClN3O2/c1-17(22(27)24-20-16-19(23)8-9-21(20)28-2)26-14-12-25(13-15-26)11-10-18-6-4-3-5-7-18/h3-9,16-17H,10-15H2,1-2H3,(H,24,27). The second kappa shape index (κ2) is 9.92. The van der Waals surface area contributed by atoms with Crippen LogP contribution in [0.3, 0.4) is 0 Å². The fourth-order valence-corrected chi connectivity index (χ4v) is 3.66. The number of carbonyl (C=O) groups excluding carboxylic acids is 1. The van der Waals surface area contributed by atoms with E-state index in [-0.39, 0.29) is 11.9 Å². The summed E-state index contributed by atoms with van der Waals surface area (Å²) in [5, 5.41) is 3.52. The molecule has 0 radical (unpaired) electrons. The van der Waals surface area contributed by atoms with E-state index in [2.05, 4.69) is 39.4 Å². The number of rotatable bonds is 7. The van der Waals surface area contributed by atoms with Crippen LogP contribution in [0.25, 0.3) is 0 Å². The minimum Gasteiger partial charge on any atom is -0.495 e. The first-order chi connectivity index (χ1) is 13.6. The molecule has 1 unspecified atom stereocenters. The number of benzene rings is 2. The highest BCUT2D eigenvalue weighted by Crippen LogP contribution is 2.28. The number of anilines is 1. The average Bonchev–Trinajstić information content (AvgIpc) is 2.73. The number of carbonyl (C=O) groups is 1. The summed E-state index contributed by atoms with van der Waals surface area (Å²) in [6, 6.07) is 15.6. The highest BCUT2D eigenvalue weighted by atomic mass is 35.5. The molecule has 1 aliphatic heterocycles. The first-order valence-electron chi connectivity index (χ1n) is 9.71. The molecule has 1 amide bonds. The zero-order valence-electron chi connectivity index (χ0n) is 16.5. The quantitative estimate of drug-likeness (QED) is 0.770. The molecule has 2 aromatic carbocycles. The molecule has 1 fully saturated rings. The predicted octanol–water partition coefficient (Wildman–Crippen LogP) is 3.54. The van der Waals surface area contributed by atoms with Gasteiger partial charge in [-0.2, -0.15) is 0 Å². The highest BCUT2D eigenvalue weighted by molar-refractivity contribution is 6.31. The number of methoxy groups -OCH3 is 1. The van der Waals surface area contributed by atoms with E-state index in [4.69, 9.17) is 16.3 Å². The molecular weight excluding hydrogens is 374 g/mol. The third-order valence-corrected chi connectivity index (χ3v) is 5.55. The number of hydrogen-bond donors (Lipinski definition) is 1. The van der Waals surface area contributed by atoms with Crippen molar-refractivity contribution >= 4 is 23.2 Å². The van der Waals surface area contributed by atoms with E-state index in [9.17, 15) is 4.79 Å². The molecule has 1 N–H and O–H groups in total. The molecule has 1 atom stereocenters. The molecule has 0 bridgehead atoms. The Hall–Kier alpha value is -2.08. The van der Waals surface area contributed by atoms with Gasteiger partial charge in [0.1, 0.15) is 5.75 Å². The molecule has 5 nitrogen and oxygen atoms in total.